The van der Waals surface area contributed by atoms with Crippen LogP contribution in [0.2, 0.25) is 0 Å². The highest BCUT2D eigenvalue weighted by Gasteiger charge is 2.26. The molecule has 0 aromatic heterocycles. The van der Waals surface area contributed by atoms with E-state index in [-0.39, 0.29) is 29.9 Å². The van der Waals surface area contributed by atoms with E-state index in [1.807, 2.05) is 0 Å². The highest BCUT2D eigenvalue weighted by molar-refractivity contribution is 7.89. The predicted molar refractivity (Wildman–Crippen MR) is 92.4 cm³/mol. The fourth-order valence-electron chi connectivity index (χ4n) is 2.94. The van der Waals surface area contributed by atoms with Crippen molar-refractivity contribution in [3.8, 4) is 5.75 Å². The molecular weight excluding hydrogens is 328 g/mol. The molecule has 1 amide bonds. The van der Waals surface area contributed by atoms with Crippen LogP contribution in [-0.4, -0.2) is 44.9 Å². The van der Waals surface area contributed by atoms with Gasteiger partial charge in [-0.1, -0.05) is 26.2 Å². The van der Waals surface area contributed by atoms with E-state index in [4.69, 9.17) is 4.74 Å². The van der Waals surface area contributed by atoms with Gasteiger partial charge >= 0.3 is 0 Å². The number of carbonyl (C=O) groups excluding carboxylic acids is 1. The first-order chi connectivity index (χ1) is 11.5. The third-order valence-corrected chi connectivity index (χ3v) is 6.28. The third kappa shape index (κ3) is 4.70. The normalized spacial score (nSPS) is 16.1. The second kappa shape index (κ2) is 8.48. The Balaban J connectivity index is 2.03. The zero-order valence-electron chi connectivity index (χ0n) is 14.3. The number of hydrogen-bond acceptors (Lipinski definition) is 4. The Bertz CT molecular complexity index is 637. The highest BCUT2D eigenvalue weighted by Crippen LogP contribution is 2.20. The lowest BCUT2D eigenvalue weighted by atomic mass is 9.95. The quantitative estimate of drug-likeness (QED) is 0.814. The van der Waals surface area contributed by atoms with Gasteiger partial charge in [0.1, 0.15) is 5.75 Å². The van der Waals surface area contributed by atoms with Crippen LogP contribution in [-0.2, 0) is 14.8 Å². The summed E-state index contributed by atoms with van der Waals surface area (Å²) in [5.41, 5.74) is 0. The van der Waals surface area contributed by atoms with Crippen molar-refractivity contribution < 1.29 is 17.9 Å². The number of nitrogens with one attached hydrogen (secondary N) is 1. The smallest absolute Gasteiger partial charge is 0.243 e. The van der Waals surface area contributed by atoms with Crippen LogP contribution in [0.15, 0.2) is 29.2 Å². The molecule has 0 radical (unpaired) electrons. The lowest BCUT2D eigenvalue weighted by Crippen LogP contribution is -2.44. The molecule has 0 heterocycles. The fraction of sp³-hybridized carbons (Fsp3) is 0.588. The van der Waals surface area contributed by atoms with E-state index < -0.39 is 10.0 Å². The molecule has 1 aliphatic carbocycles. The van der Waals surface area contributed by atoms with E-state index >= 15 is 0 Å². The average molecular weight is 354 g/mol. The zero-order chi connectivity index (χ0) is 17.6. The summed E-state index contributed by atoms with van der Waals surface area (Å²) < 4.78 is 31.6. The SMILES string of the molecule is CCN(CC(=O)NC1CCCCC1)S(=O)(=O)c1ccc(OC)cc1. The molecule has 2 rings (SSSR count). The Morgan fingerprint density at radius 1 is 1.21 bits per heavy atom. The van der Waals surface area contributed by atoms with E-state index in [2.05, 4.69) is 5.32 Å². The maximum absolute atomic E-state index is 12.7. The summed E-state index contributed by atoms with van der Waals surface area (Å²) in [7, 11) is -2.17. The molecule has 0 unspecified atom stereocenters. The fourth-order valence-corrected chi connectivity index (χ4v) is 4.35. The average Bonchev–Trinajstić information content (AvgIpc) is 2.60. The van der Waals surface area contributed by atoms with Gasteiger partial charge in [0, 0.05) is 12.6 Å². The Morgan fingerprint density at radius 3 is 2.38 bits per heavy atom. The summed E-state index contributed by atoms with van der Waals surface area (Å²) in [4.78, 5) is 12.4. The molecule has 1 N–H and O–H groups in total. The maximum Gasteiger partial charge on any atom is 0.243 e. The molecule has 1 saturated carbocycles. The molecule has 134 valence electrons. The Kier molecular flexibility index (Phi) is 6.62. The van der Waals surface area contributed by atoms with Crippen LogP contribution >= 0.6 is 0 Å². The number of sulfonamides is 1. The van der Waals surface area contributed by atoms with E-state index in [9.17, 15) is 13.2 Å². The summed E-state index contributed by atoms with van der Waals surface area (Å²) in [5.74, 6) is 0.355. The van der Waals surface area contributed by atoms with Gasteiger partial charge in [-0.2, -0.15) is 4.31 Å². The van der Waals surface area contributed by atoms with E-state index in [0.717, 1.165) is 25.7 Å². The van der Waals surface area contributed by atoms with Gasteiger partial charge in [0.2, 0.25) is 15.9 Å². The second-order valence-electron chi connectivity index (χ2n) is 6.01. The maximum atomic E-state index is 12.7. The number of hydrogen-bond donors (Lipinski definition) is 1. The molecule has 1 fully saturated rings. The van der Waals surface area contributed by atoms with E-state index in [0.29, 0.717) is 5.75 Å². The molecule has 0 spiro atoms. The minimum atomic E-state index is -3.70. The molecular formula is C17H26N2O4S. The minimum absolute atomic E-state index is 0.151. The molecule has 7 heteroatoms. The molecule has 0 saturated heterocycles. The van der Waals surface area contributed by atoms with Gasteiger partial charge in [0.05, 0.1) is 18.6 Å². The van der Waals surface area contributed by atoms with Crippen LogP contribution in [0.5, 0.6) is 5.75 Å². The van der Waals surface area contributed by atoms with Crippen LogP contribution in [0.25, 0.3) is 0 Å². The van der Waals surface area contributed by atoms with Crippen LogP contribution in [0, 0.1) is 0 Å². The summed E-state index contributed by atoms with van der Waals surface area (Å²) >= 11 is 0. The predicted octanol–water partition coefficient (Wildman–Crippen LogP) is 2.15. The van der Waals surface area contributed by atoms with Crippen molar-refractivity contribution in [2.24, 2.45) is 0 Å². The summed E-state index contributed by atoms with van der Waals surface area (Å²) in [5, 5.41) is 2.96. The summed E-state index contributed by atoms with van der Waals surface area (Å²) in [6.45, 7) is 1.82. The van der Waals surface area contributed by atoms with E-state index in [1.54, 1.807) is 19.1 Å². The van der Waals surface area contributed by atoms with Gasteiger partial charge in [-0.15, -0.1) is 0 Å². The molecule has 1 aliphatic rings. The molecule has 0 atom stereocenters. The number of benzene rings is 1. The van der Waals surface area contributed by atoms with E-state index in [1.165, 1.54) is 30.0 Å². The standard InChI is InChI=1S/C17H26N2O4S/c1-3-19(13-17(20)18-14-7-5-4-6-8-14)24(21,22)16-11-9-15(23-2)10-12-16/h9-12,14H,3-8,13H2,1-2H3,(H,18,20). The van der Waals surface area contributed by atoms with Crippen molar-refractivity contribution in [3.05, 3.63) is 24.3 Å². The number of methoxy groups -OCH3 is 1. The number of nitrogens with zero attached hydrogens (tertiary/aromatic N) is 1. The molecule has 1 aromatic carbocycles. The largest absolute Gasteiger partial charge is 0.497 e. The molecule has 6 nitrogen and oxygen atoms in total. The van der Waals surface area contributed by atoms with Gasteiger partial charge in [0.15, 0.2) is 0 Å². The van der Waals surface area contributed by atoms with Gasteiger partial charge in [0.25, 0.3) is 0 Å². The van der Waals surface area contributed by atoms with Crippen molar-refractivity contribution >= 4 is 15.9 Å². The van der Waals surface area contributed by atoms with Crippen molar-refractivity contribution in [2.45, 2.75) is 50.0 Å². The van der Waals surface area contributed by atoms with Gasteiger partial charge < -0.3 is 10.1 Å². The number of amides is 1. The van der Waals surface area contributed by atoms with Crippen molar-refractivity contribution in [2.75, 3.05) is 20.2 Å². The Morgan fingerprint density at radius 2 is 1.83 bits per heavy atom. The Labute approximate surface area is 144 Å². The summed E-state index contributed by atoms with van der Waals surface area (Å²) in [6.07, 6.45) is 5.39. The molecule has 24 heavy (non-hydrogen) atoms. The first-order valence-corrected chi connectivity index (χ1v) is 9.85. The van der Waals surface area contributed by atoms with Crippen LogP contribution in [0.3, 0.4) is 0 Å². The Hall–Kier alpha value is -1.60. The van der Waals surface area contributed by atoms with Gasteiger partial charge in [-0.05, 0) is 37.1 Å². The molecule has 0 bridgehead atoms. The number of carbonyl (C=O) groups is 1. The number of ether oxygens (including phenoxy) is 1. The topological polar surface area (TPSA) is 75.7 Å². The lowest BCUT2D eigenvalue weighted by molar-refractivity contribution is -0.122. The second-order valence-corrected chi connectivity index (χ2v) is 7.95. The van der Waals surface area contributed by atoms with Crippen molar-refractivity contribution in [1.82, 2.24) is 9.62 Å². The van der Waals surface area contributed by atoms with Crippen molar-refractivity contribution in [3.63, 3.8) is 0 Å². The highest BCUT2D eigenvalue weighted by atomic mass is 32.2. The number of likely N-dealkylation sites (N-methyl/N-ethyl adjacent to an activating group) is 1. The van der Waals surface area contributed by atoms with Crippen LogP contribution in [0.1, 0.15) is 39.0 Å². The number of rotatable bonds is 7. The zero-order valence-corrected chi connectivity index (χ0v) is 15.1. The first-order valence-electron chi connectivity index (χ1n) is 8.41. The molecule has 1 aromatic rings. The molecule has 0 aliphatic heterocycles. The van der Waals surface area contributed by atoms with Crippen LogP contribution < -0.4 is 10.1 Å². The monoisotopic (exact) mass is 354 g/mol. The van der Waals surface area contributed by atoms with Gasteiger partial charge in [-0.25, -0.2) is 8.42 Å². The lowest BCUT2D eigenvalue weighted by Gasteiger charge is -2.25. The minimum Gasteiger partial charge on any atom is -0.497 e. The van der Waals surface area contributed by atoms with Crippen molar-refractivity contribution in [1.29, 1.82) is 0 Å². The van der Waals surface area contributed by atoms with Gasteiger partial charge in [-0.3, -0.25) is 4.79 Å². The first kappa shape index (κ1) is 18.7. The van der Waals surface area contributed by atoms with Crippen LogP contribution in [0.4, 0.5) is 0 Å². The summed E-state index contributed by atoms with van der Waals surface area (Å²) in [6, 6.07) is 6.37. The third-order valence-electron chi connectivity index (χ3n) is 4.34.